The van der Waals surface area contributed by atoms with Crippen LogP contribution in [0.3, 0.4) is 0 Å². The van der Waals surface area contributed by atoms with Gasteiger partial charge in [-0.1, -0.05) is 13.0 Å². The molecule has 11 heteroatoms. The van der Waals surface area contributed by atoms with Crippen molar-refractivity contribution in [3.05, 3.63) is 47.7 Å². The Morgan fingerprint density at radius 3 is 2.74 bits per heavy atom. The summed E-state index contributed by atoms with van der Waals surface area (Å²) in [6.45, 7) is 1.87. The Bertz CT molecular complexity index is 1240. The van der Waals surface area contributed by atoms with Crippen molar-refractivity contribution in [1.29, 1.82) is 0 Å². The number of fused-ring (bicyclic) bond motifs is 1. The molecule has 0 amide bonds. The third-order valence-electron chi connectivity index (χ3n) is 5.50. The number of aromatic amines is 1. The first kappa shape index (κ1) is 21.2. The second-order valence-corrected chi connectivity index (χ2v) is 9.22. The van der Waals surface area contributed by atoms with Crippen molar-refractivity contribution in [2.75, 3.05) is 23.6 Å². The molecule has 0 atom stereocenters. The molecule has 4 rings (SSSR count). The van der Waals surface area contributed by atoms with Crippen molar-refractivity contribution >= 4 is 38.5 Å². The average molecular weight is 447 g/mol. The second-order valence-electron chi connectivity index (χ2n) is 7.44. The van der Waals surface area contributed by atoms with Gasteiger partial charge in [0.05, 0.1) is 22.2 Å². The number of hydrogen-bond donors (Lipinski definition) is 3. The average Bonchev–Trinajstić information content (AvgIpc) is 3.16. The summed E-state index contributed by atoms with van der Waals surface area (Å²) >= 11 is 0. The van der Waals surface area contributed by atoms with Gasteiger partial charge in [0.1, 0.15) is 17.8 Å². The largest absolute Gasteiger partial charge is 0.367 e. The van der Waals surface area contributed by atoms with Crippen LogP contribution in [0.25, 0.3) is 11.0 Å². The molecule has 2 heterocycles. The lowest BCUT2D eigenvalue weighted by Crippen LogP contribution is -2.32. The van der Waals surface area contributed by atoms with E-state index in [2.05, 4.69) is 25.0 Å². The fourth-order valence-corrected chi connectivity index (χ4v) is 4.25. The SMILES string of the molecule is CCN(C)S(=O)(=O)Nc1cccc(C(=O)c2c[nH]c3ncnc(NC4CCC4)c23)c1F. The zero-order valence-electron chi connectivity index (χ0n) is 17.1. The molecule has 1 aliphatic rings. The highest BCUT2D eigenvalue weighted by molar-refractivity contribution is 7.90. The minimum atomic E-state index is -3.94. The summed E-state index contributed by atoms with van der Waals surface area (Å²) in [5.41, 5.74) is 0.123. The van der Waals surface area contributed by atoms with Crippen LogP contribution in [0.2, 0.25) is 0 Å². The molecule has 0 unspecified atom stereocenters. The Balaban J connectivity index is 1.71. The van der Waals surface area contributed by atoms with Crippen LogP contribution in [0, 0.1) is 5.82 Å². The first-order valence-electron chi connectivity index (χ1n) is 9.97. The molecule has 0 spiro atoms. The Hall–Kier alpha value is -3.05. The number of H-pyrrole nitrogens is 1. The third kappa shape index (κ3) is 3.98. The van der Waals surface area contributed by atoms with Crippen molar-refractivity contribution in [2.24, 2.45) is 0 Å². The number of anilines is 2. The Morgan fingerprint density at radius 1 is 1.29 bits per heavy atom. The van der Waals surface area contributed by atoms with Gasteiger partial charge in [0.2, 0.25) is 0 Å². The molecule has 31 heavy (non-hydrogen) atoms. The molecule has 3 N–H and O–H groups in total. The topological polar surface area (TPSA) is 120 Å². The molecule has 164 valence electrons. The maximum absolute atomic E-state index is 15.2. The lowest BCUT2D eigenvalue weighted by molar-refractivity contribution is 0.103. The second kappa shape index (κ2) is 8.23. The predicted molar refractivity (Wildman–Crippen MR) is 116 cm³/mol. The van der Waals surface area contributed by atoms with Crippen LogP contribution in [-0.4, -0.2) is 53.1 Å². The van der Waals surface area contributed by atoms with E-state index in [0.717, 1.165) is 23.6 Å². The number of hydrogen-bond acceptors (Lipinski definition) is 6. The number of carbonyl (C=O) groups excluding carboxylic acids is 1. The van der Waals surface area contributed by atoms with Gasteiger partial charge in [-0.05, 0) is 31.4 Å². The third-order valence-corrected chi connectivity index (χ3v) is 7.06. The Kier molecular flexibility index (Phi) is 5.63. The quantitative estimate of drug-likeness (QED) is 0.458. The van der Waals surface area contributed by atoms with E-state index in [4.69, 9.17) is 0 Å². The van der Waals surface area contributed by atoms with E-state index in [9.17, 15) is 13.2 Å². The van der Waals surface area contributed by atoms with Crippen molar-refractivity contribution in [2.45, 2.75) is 32.2 Å². The summed E-state index contributed by atoms with van der Waals surface area (Å²) in [7, 11) is -2.56. The number of halogens is 1. The zero-order chi connectivity index (χ0) is 22.2. The minimum absolute atomic E-state index is 0.210. The summed E-state index contributed by atoms with van der Waals surface area (Å²) in [5, 5.41) is 3.80. The fourth-order valence-electron chi connectivity index (χ4n) is 3.32. The van der Waals surface area contributed by atoms with Crippen molar-refractivity contribution in [3.8, 4) is 0 Å². The van der Waals surface area contributed by atoms with E-state index in [1.54, 1.807) is 6.92 Å². The molecule has 1 aliphatic carbocycles. The number of nitrogens with one attached hydrogen (secondary N) is 3. The molecule has 0 radical (unpaired) electrons. The van der Waals surface area contributed by atoms with E-state index < -0.39 is 21.8 Å². The molecule has 3 aromatic rings. The summed E-state index contributed by atoms with van der Waals surface area (Å²) in [5.74, 6) is -1.03. The first-order valence-corrected chi connectivity index (χ1v) is 11.4. The number of aromatic nitrogens is 3. The standard InChI is InChI=1S/C20H23FN6O3S/c1-3-27(2)31(29,30)26-15-9-5-8-13(17(15)21)18(28)14-10-22-19-16(14)20(24-11-23-19)25-12-6-4-7-12/h5,8-12,26H,3-4,6-7H2,1-2H3,(H2,22,23,24,25). The van der Waals surface area contributed by atoms with Gasteiger partial charge >= 0.3 is 10.2 Å². The van der Waals surface area contributed by atoms with E-state index in [-0.39, 0.29) is 29.4 Å². The summed E-state index contributed by atoms with van der Waals surface area (Å²) in [4.78, 5) is 24.6. The minimum Gasteiger partial charge on any atom is -0.367 e. The van der Waals surface area contributed by atoms with Crippen LogP contribution >= 0.6 is 0 Å². The number of nitrogens with zero attached hydrogens (tertiary/aromatic N) is 3. The zero-order valence-corrected chi connectivity index (χ0v) is 18.0. The van der Waals surface area contributed by atoms with Crippen molar-refractivity contribution in [3.63, 3.8) is 0 Å². The summed E-state index contributed by atoms with van der Waals surface area (Å²) in [6.07, 6.45) is 6.03. The number of carbonyl (C=O) groups is 1. The van der Waals surface area contributed by atoms with Crippen molar-refractivity contribution in [1.82, 2.24) is 19.3 Å². The summed E-state index contributed by atoms with van der Waals surface area (Å²) < 4.78 is 43.0. The smallest absolute Gasteiger partial charge is 0.301 e. The van der Waals surface area contributed by atoms with Crippen LogP contribution in [0.15, 0.2) is 30.7 Å². The van der Waals surface area contributed by atoms with E-state index in [1.807, 2.05) is 0 Å². The van der Waals surface area contributed by atoms with Crippen molar-refractivity contribution < 1.29 is 17.6 Å². The highest BCUT2D eigenvalue weighted by atomic mass is 32.2. The molecule has 0 saturated heterocycles. The first-order chi connectivity index (χ1) is 14.8. The van der Waals surface area contributed by atoms with Gasteiger partial charge in [-0.3, -0.25) is 9.52 Å². The predicted octanol–water partition coefficient (Wildman–Crippen LogP) is 2.90. The Morgan fingerprint density at radius 2 is 2.06 bits per heavy atom. The van der Waals surface area contributed by atoms with E-state index >= 15 is 4.39 Å². The number of ketones is 1. The summed E-state index contributed by atoms with van der Waals surface area (Å²) in [6, 6.07) is 4.30. The molecule has 2 aromatic heterocycles. The van der Waals surface area contributed by atoms with Gasteiger partial charge in [0, 0.05) is 25.8 Å². The molecule has 0 bridgehead atoms. The van der Waals surface area contributed by atoms with Gasteiger partial charge < -0.3 is 10.3 Å². The molecule has 1 fully saturated rings. The molecule has 1 aromatic carbocycles. The Labute approximate surface area is 179 Å². The van der Waals surface area contributed by atoms with Gasteiger partial charge in [-0.15, -0.1) is 0 Å². The highest BCUT2D eigenvalue weighted by Crippen LogP contribution is 2.30. The van der Waals surface area contributed by atoms with Crippen LogP contribution in [0.5, 0.6) is 0 Å². The normalized spacial score (nSPS) is 14.6. The monoisotopic (exact) mass is 446 g/mol. The van der Waals surface area contributed by atoms with Crippen LogP contribution in [0.1, 0.15) is 42.1 Å². The van der Waals surface area contributed by atoms with Crippen LogP contribution in [-0.2, 0) is 10.2 Å². The van der Waals surface area contributed by atoms with Crippen LogP contribution < -0.4 is 10.0 Å². The van der Waals surface area contributed by atoms with E-state index in [0.29, 0.717) is 16.9 Å². The maximum atomic E-state index is 15.2. The number of benzene rings is 1. The highest BCUT2D eigenvalue weighted by Gasteiger charge is 2.26. The van der Waals surface area contributed by atoms with E-state index in [1.165, 1.54) is 37.8 Å². The molecular weight excluding hydrogens is 423 g/mol. The maximum Gasteiger partial charge on any atom is 0.301 e. The lowest BCUT2D eigenvalue weighted by Gasteiger charge is -2.27. The molecule has 1 saturated carbocycles. The van der Waals surface area contributed by atoms with Crippen LogP contribution in [0.4, 0.5) is 15.9 Å². The van der Waals surface area contributed by atoms with Gasteiger partial charge in [0.15, 0.2) is 11.6 Å². The van der Waals surface area contributed by atoms with Gasteiger partial charge in [-0.25, -0.2) is 14.4 Å². The van der Waals surface area contributed by atoms with Gasteiger partial charge in [0.25, 0.3) is 0 Å². The molecule has 0 aliphatic heterocycles. The molecule has 9 nitrogen and oxygen atoms in total. The lowest BCUT2D eigenvalue weighted by atomic mass is 9.93. The fraction of sp³-hybridized carbons (Fsp3) is 0.350. The van der Waals surface area contributed by atoms with Gasteiger partial charge in [-0.2, -0.15) is 12.7 Å². The number of rotatable bonds is 8. The molecular formula is C20H23FN6O3S.